The fourth-order valence-corrected chi connectivity index (χ4v) is 3.14. The van der Waals surface area contributed by atoms with E-state index in [1.165, 1.54) is 12.1 Å². The lowest BCUT2D eigenvalue weighted by atomic mass is 10.2. The number of nitrogens with one attached hydrogen (secondary N) is 2. The Hall–Kier alpha value is -2.94. The molecule has 0 radical (unpaired) electrons. The number of halogens is 3. The molecule has 1 fully saturated rings. The molecule has 3 rings (SSSR count). The average Bonchev–Trinajstić information content (AvgIpc) is 2.72. The molecule has 0 atom stereocenters. The van der Waals surface area contributed by atoms with Crippen LogP contribution in [0.25, 0.3) is 0 Å². The molecule has 1 aliphatic rings. The second kappa shape index (κ2) is 9.71. The van der Waals surface area contributed by atoms with Crippen LogP contribution in [0, 0.1) is 0 Å². The number of alkyl halides is 3. The third-order valence-corrected chi connectivity index (χ3v) is 4.83. The third kappa shape index (κ3) is 6.03. The molecule has 2 aromatic carbocycles. The Labute approximate surface area is 173 Å². The van der Waals surface area contributed by atoms with Crippen LogP contribution in [-0.4, -0.2) is 57.3 Å². The molecule has 2 amide bonds. The second-order valence-electron chi connectivity index (χ2n) is 7.06. The third-order valence-electron chi connectivity index (χ3n) is 4.83. The van der Waals surface area contributed by atoms with Gasteiger partial charge in [0.15, 0.2) is 0 Å². The van der Waals surface area contributed by atoms with E-state index in [0.29, 0.717) is 5.75 Å². The first-order valence-electron chi connectivity index (χ1n) is 9.70. The number of urea groups is 1. The van der Waals surface area contributed by atoms with Crippen molar-refractivity contribution in [3.8, 4) is 5.75 Å². The number of hydrogen-bond acceptors (Lipinski definition) is 4. The lowest BCUT2D eigenvalue weighted by Gasteiger charge is -2.35. The molecule has 2 aromatic rings. The highest BCUT2D eigenvalue weighted by Crippen LogP contribution is 2.30. The number of rotatable bonds is 6. The maximum atomic E-state index is 12.6. The van der Waals surface area contributed by atoms with E-state index in [9.17, 15) is 18.0 Å². The molecule has 2 N–H and O–H groups in total. The van der Waals surface area contributed by atoms with E-state index in [0.717, 1.165) is 49.7 Å². The van der Waals surface area contributed by atoms with Crippen LogP contribution in [0.5, 0.6) is 5.75 Å². The molecule has 0 unspecified atom stereocenters. The zero-order valence-electron chi connectivity index (χ0n) is 16.7. The van der Waals surface area contributed by atoms with E-state index in [-0.39, 0.29) is 19.2 Å². The van der Waals surface area contributed by atoms with Crippen LogP contribution < -0.4 is 20.3 Å². The largest absolute Gasteiger partial charge is 0.492 e. The Morgan fingerprint density at radius 3 is 2.37 bits per heavy atom. The molecule has 0 saturated carbocycles. The summed E-state index contributed by atoms with van der Waals surface area (Å²) in [7, 11) is 2.09. The van der Waals surface area contributed by atoms with Gasteiger partial charge < -0.3 is 25.2 Å². The van der Waals surface area contributed by atoms with Crippen molar-refractivity contribution in [2.24, 2.45) is 0 Å². The topological polar surface area (TPSA) is 56.8 Å². The summed E-state index contributed by atoms with van der Waals surface area (Å²) in [6.07, 6.45) is -4.38. The number of nitrogens with zero attached hydrogens (tertiary/aromatic N) is 2. The van der Waals surface area contributed by atoms with Gasteiger partial charge in [-0.15, -0.1) is 0 Å². The number of anilines is 2. The number of carbonyl (C=O) groups excluding carboxylic acids is 1. The van der Waals surface area contributed by atoms with E-state index in [2.05, 4.69) is 27.5 Å². The van der Waals surface area contributed by atoms with Crippen molar-refractivity contribution in [3.63, 3.8) is 0 Å². The van der Waals surface area contributed by atoms with Crippen LogP contribution in [0.1, 0.15) is 5.56 Å². The Morgan fingerprint density at radius 2 is 1.70 bits per heavy atom. The minimum atomic E-state index is -4.38. The summed E-state index contributed by atoms with van der Waals surface area (Å²) < 4.78 is 43.1. The van der Waals surface area contributed by atoms with Crippen LogP contribution >= 0.6 is 0 Å². The molecule has 30 heavy (non-hydrogen) atoms. The minimum Gasteiger partial charge on any atom is -0.492 e. The van der Waals surface area contributed by atoms with Gasteiger partial charge in [-0.25, -0.2) is 4.79 Å². The molecule has 1 aliphatic heterocycles. The number of amides is 2. The van der Waals surface area contributed by atoms with Gasteiger partial charge in [0.05, 0.1) is 23.5 Å². The first-order chi connectivity index (χ1) is 14.3. The maximum absolute atomic E-state index is 12.6. The summed E-state index contributed by atoms with van der Waals surface area (Å²) in [5.74, 6) is 0.311. The summed E-state index contributed by atoms with van der Waals surface area (Å²) in [4.78, 5) is 16.7. The van der Waals surface area contributed by atoms with Crippen LogP contribution in [0.2, 0.25) is 0 Å². The maximum Gasteiger partial charge on any atom is 0.416 e. The molecule has 9 heteroatoms. The van der Waals surface area contributed by atoms with E-state index in [1.54, 1.807) is 0 Å². The van der Waals surface area contributed by atoms with E-state index >= 15 is 0 Å². The highest BCUT2D eigenvalue weighted by Gasteiger charge is 2.30. The summed E-state index contributed by atoms with van der Waals surface area (Å²) in [6.45, 7) is 4.04. The highest BCUT2D eigenvalue weighted by atomic mass is 19.4. The van der Waals surface area contributed by atoms with Gasteiger partial charge in [0.1, 0.15) is 12.4 Å². The van der Waals surface area contributed by atoms with Crippen LogP contribution in [0.15, 0.2) is 48.5 Å². The summed E-state index contributed by atoms with van der Waals surface area (Å²) >= 11 is 0. The van der Waals surface area contributed by atoms with Gasteiger partial charge in [-0.05, 0) is 43.4 Å². The van der Waals surface area contributed by atoms with Gasteiger partial charge in [-0.1, -0.05) is 12.1 Å². The average molecular weight is 422 g/mol. The monoisotopic (exact) mass is 422 g/mol. The predicted octanol–water partition coefficient (Wildman–Crippen LogP) is 3.66. The zero-order valence-corrected chi connectivity index (χ0v) is 16.7. The number of carbonyl (C=O) groups is 1. The van der Waals surface area contributed by atoms with Crippen molar-refractivity contribution in [3.05, 3.63) is 54.1 Å². The number of para-hydroxylation sites is 2. The van der Waals surface area contributed by atoms with E-state index in [1.807, 2.05) is 24.3 Å². The van der Waals surface area contributed by atoms with Gasteiger partial charge in [0.2, 0.25) is 0 Å². The van der Waals surface area contributed by atoms with E-state index in [4.69, 9.17) is 4.74 Å². The number of likely N-dealkylation sites (N-methyl/N-ethyl adjacent to an activating group) is 1. The number of hydrogen-bond donors (Lipinski definition) is 2. The SMILES string of the molecule is CN1CCN(c2ccccc2NC(=O)NCCOc2ccc(C(F)(F)F)cc2)CC1. The number of ether oxygens (including phenoxy) is 1. The highest BCUT2D eigenvalue weighted by molar-refractivity contribution is 5.93. The molecule has 1 heterocycles. The number of benzene rings is 2. The standard InChI is InChI=1S/C21H25F3N4O2/c1-27-11-13-28(14-12-27)19-5-3-2-4-18(19)26-20(29)25-10-15-30-17-8-6-16(7-9-17)21(22,23)24/h2-9H,10-15H2,1H3,(H2,25,26,29). The predicted molar refractivity (Wildman–Crippen MR) is 110 cm³/mol. The van der Waals surface area contributed by atoms with E-state index < -0.39 is 11.7 Å². The smallest absolute Gasteiger partial charge is 0.416 e. The van der Waals surface area contributed by atoms with Crippen LogP contribution in [0.4, 0.5) is 29.3 Å². The zero-order chi connectivity index (χ0) is 21.6. The van der Waals surface area contributed by atoms with Crippen molar-refractivity contribution in [1.82, 2.24) is 10.2 Å². The Bertz CT molecular complexity index is 835. The van der Waals surface area contributed by atoms with Gasteiger partial charge in [0.25, 0.3) is 0 Å². The fraction of sp³-hybridized carbons (Fsp3) is 0.381. The van der Waals surface area contributed by atoms with Gasteiger partial charge >= 0.3 is 12.2 Å². The molecular formula is C21H25F3N4O2. The summed E-state index contributed by atoms with van der Waals surface area (Å²) in [6, 6.07) is 11.7. The lowest BCUT2D eigenvalue weighted by Crippen LogP contribution is -2.44. The Kier molecular flexibility index (Phi) is 7.04. The van der Waals surface area contributed by atoms with Crippen molar-refractivity contribution in [2.75, 3.05) is 56.6 Å². The Morgan fingerprint density at radius 1 is 1.03 bits per heavy atom. The van der Waals surface area contributed by atoms with Crippen molar-refractivity contribution < 1.29 is 22.7 Å². The van der Waals surface area contributed by atoms with Gasteiger partial charge in [0, 0.05) is 26.2 Å². The first kappa shape index (κ1) is 21.8. The summed E-state index contributed by atoms with van der Waals surface area (Å²) in [5, 5.41) is 5.55. The molecule has 162 valence electrons. The van der Waals surface area contributed by atoms with Crippen LogP contribution in [0.3, 0.4) is 0 Å². The molecule has 0 aliphatic carbocycles. The molecule has 0 bridgehead atoms. The molecule has 6 nitrogen and oxygen atoms in total. The minimum absolute atomic E-state index is 0.138. The normalized spacial score (nSPS) is 15.0. The summed E-state index contributed by atoms with van der Waals surface area (Å²) in [5.41, 5.74) is 0.969. The van der Waals surface area contributed by atoms with Crippen molar-refractivity contribution >= 4 is 17.4 Å². The second-order valence-corrected chi connectivity index (χ2v) is 7.06. The Balaban J connectivity index is 1.45. The van der Waals surface area contributed by atoms with Crippen molar-refractivity contribution in [2.45, 2.75) is 6.18 Å². The van der Waals surface area contributed by atoms with Crippen LogP contribution in [-0.2, 0) is 6.18 Å². The van der Waals surface area contributed by atoms with Gasteiger partial charge in [-0.2, -0.15) is 13.2 Å². The molecule has 1 saturated heterocycles. The van der Waals surface area contributed by atoms with Crippen molar-refractivity contribution in [1.29, 1.82) is 0 Å². The van der Waals surface area contributed by atoms with Gasteiger partial charge in [-0.3, -0.25) is 0 Å². The molecular weight excluding hydrogens is 397 g/mol. The number of piperazine rings is 1. The first-order valence-corrected chi connectivity index (χ1v) is 9.70. The quantitative estimate of drug-likeness (QED) is 0.698. The fourth-order valence-electron chi connectivity index (χ4n) is 3.14. The molecule has 0 aromatic heterocycles. The lowest BCUT2D eigenvalue weighted by molar-refractivity contribution is -0.137. The molecule has 0 spiro atoms.